The van der Waals surface area contributed by atoms with Crippen molar-refractivity contribution in [2.75, 3.05) is 0 Å². The molecule has 0 radical (unpaired) electrons. The molecule has 0 saturated heterocycles. The number of ketones is 2. The van der Waals surface area contributed by atoms with Crippen LogP contribution in [0.15, 0.2) is 60.7 Å². The van der Waals surface area contributed by atoms with Crippen LogP contribution in [0, 0.1) is 10.1 Å². The third-order valence-electron chi connectivity index (χ3n) is 4.79. The van der Waals surface area contributed by atoms with Gasteiger partial charge in [0.1, 0.15) is 17.7 Å². The van der Waals surface area contributed by atoms with Gasteiger partial charge < -0.3 is 4.74 Å². The first-order chi connectivity index (χ1) is 14.4. The van der Waals surface area contributed by atoms with E-state index in [-0.39, 0.29) is 23.3 Å². The summed E-state index contributed by atoms with van der Waals surface area (Å²) in [7, 11) is 0. The highest BCUT2D eigenvalue weighted by atomic mass is 35.5. The molecule has 8 heteroatoms. The third kappa shape index (κ3) is 3.15. The number of halogens is 1. The van der Waals surface area contributed by atoms with Crippen LogP contribution in [0.1, 0.15) is 47.8 Å². The molecule has 0 heterocycles. The molecule has 0 amide bonds. The fraction of sp³-hybridized carbons (Fsp3) is 0.0455. The normalized spacial score (nSPS) is 12.2. The second-order valence-electron chi connectivity index (χ2n) is 6.51. The van der Waals surface area contributed by atoms with Gasteiger partial charge >= 0.3 is 5.97 Å². The Bertz CT molecular complexity index is 1250. The minimum Gasteiger partial charge on any atom is -0.457 e. The van der Waals surface area contributed by atoms with Gasteiger partial charge in [0.15, 0.2) is 5.78 Å². The summed E-state index contributed by atoms with van der Waals surface area (Å²) in [5, 5.41) is 12.2. The molecular weight excluding hydrogens is 410 g/mol. The molecule has 0 N–H and O–H groups in total. The lowest BCUT2D eigenvalue weighted by Crippen LogP contribution is -2.23. The van der Waals surface area contributed by atoms with Gasteiger partial charge in [-0.1, -0.05) is 54.1 Å². The molecule has 148 valence electrons. The molecule has 0 unspecified atom stereocenters. The first-order valence-corrected chi connectivity index (χ1v) is 9.18. The van der Waals surface area contributed by atoms with Crippen LogP contribution in [-0.4, -0.2) is 22.5 Å². The van der Waals surface area contributed by atoms with Gasteiger partial charge in [0, 0.05) is 27.3 Å². The Labute approximate surface area is 175 Å². The zero-order valence-electron chi connectivity index (χ0n) is 15.3. The lowest BCUT2D eigenvalue weighted by atomic mass is 9.82. The summed E-state index contributed by atoms with van der Waals surface area (Å²) in [5.74, 6) is -2.20. The average Bonchev–Trinajstić information content (AvgIpc) is 2.75. The standard InChI is InChI=1S/C22H12ClNO6/c23-17-8-4-1-5-12(17)11-30-22(27)16-10-9-15-18(19(16)24(28)29)21(26)14-7-3-2-6-13(14)20(15)25/h1-10H,11H2. The smallest absolute Gasteiger partial charge is 0.345 e. The molecule has 1 aliphatic rings. The number of ether oxygens (including phenoxy) is 1. The second-order valence-corrected chi connectivity index (χ2v) is 6.92. The van der Waals surface area contributed by atoms with Crippen molar-refractivity contribution >= 4 is 34.8 Å². The number of hydrogen-bond donors (Lipinski definition) is 0. The van der Waals surface area contributed by atoms with Crippen LogP contribution < -0.4 is 0 Å². The van der Waals surface area contributed by atoms with Crippen molar-refractivity contribution in [2.24, 2.45) is 0 Å². The fourth-order valence-corrected chi connectivity index (χ4v) is 3.55. The second kappa shape index (κ2) is 7.53. The van der Waals surface area contributed by atoms with E-state index in [4.69, 9.17) is 16.3 Å². The maximum Gasteiger partial charge on any atom is 0.345 e. The van der Waals surface area contributed by atoms with Crippen molar-refractivity contribution in [1.29, 1.82) is 0 Å². The zero-order valence-corrected chi connectivity index (χ0v) is 16.0. The average molecular weight is 422 g/mol. The van der Waals surface area contributed by atoms with Gasteiger partial charge in [0.05, 0.1) is 4.92 Å². The maximum atomic E-state index is 13.0. The number of fused-ring (bicyclic) bond motifs is 2. The summed E-state index contributed by atoms with van der Waals surface area (Å²) in [5.41, 5.74) is -0.939. The molecule has 0 saturated carbocycles. The highest BCUT2D eigenvalue weighted by molar-refractivity contribution is 6.31. The van der Waals surface area contributed by atoms with Gasteiger partial charge in [-0.05, 0) is 18.2 Å². The van der Waals surface area contributed by atoms with Crippen molar-refractivity contribution in [3.8, 4) is 0 Å². The quantitative estimate of drug-likeness (QED) is 0.275. The summed E-state index contributed by atoms with van der Waals surface area (Å²) < 4.78 is 5.18. The van der Waals surface area contributed by atoms with Crippen molar-refractivity contribution < 1.29 is 24.0 Å². The van der Waals surface area contributed by atoms with Crippen molar-refractivity contribution in [3.05, 3.63) is 109 Å². The lowest BCUT2D eigenvalue weighted by molar-refractivity contribution is -0.385. The number of benzene rings is 3. The molecule has 0 atom stereocenters. The van der Waals surface area contributed by atoms with E-state index in [2.05, 4.69) is 0 Å². The van der Waals surface area contributed by atoms with Gasteiger partial charge in [0.25, 0.3) is 5.69 Å². The largest absolute Gasteiger partial charge is 0.457 e. The Morgan fingerprint density at radius 3 is 2.20 bits per heavy atom. The molecule has 1 aliphatic carbocycles. The number of nitrogens with zero attached hydrogens (tertiary/aromatic N) is 1. The summed E-state index contributed by atoms with van der Waals surface area (Å²) >= 11 is 6.03. The van der Waals surface area contributed by atoms with Crippen LogP contribution in [0.2, 0.25) is 5.02 Å². The van der Waals surface area contributed by atoms with Gasteiger partial charge in [0.2, 0.25) is 5.78 Å². The highest BCUT2D eigenvalue weighted by Gasteiger charge is 2.38. The summed E-state index contributed by atoms with van der Waals surface area (Å²) in [6.07, 6.45) is 0. The number of carbonyl (C=O) groups is 3. The number of hydrogen-bond acceptors (Lipinski definition) is 6. The molecule has 30 heavy (non-hydrogen) atoms. The molecule has 3 aromatic rings. The molecule has 0 fully saturated rings. The van der Waals surface area contributed by atoms with E-state index in [9.17, 15) is 24.5 Å². The minimum atomic E-state index is -0.997. The number of esters is 1. The maximum absolute atomic E-state index is 13.0. The van der Waals surface area contributed by atoms with Gasteiger partial charge in [-0.15, -0.1) is 0 Å². The first-order valence-electron chi connectivity index (χ1n) is 8.80. The van der Waals surface area contributed by atoms with Crippen molar-refractivity contribution in [3.63, 3.8) is 0 Å². The van der Waals surface area contributed by atoms with E-state index in [1.54, 1.807) is 36.4 Å². The monoisotopic (exact) mass is 421 g/mol. The number of nitro groups is 1. The third-order valence-corrected chi connectivity index (χ3v) is 5.15. The minimum absolute atomic E-state index is 0.0553. The molecule has 3 aromatic carbocycles. The molecule has 0 aliphatic heterocycles. The molecule has 0 spiro atoms. The molecule has 7 nitrogen and oxygen atoms in total. The summed E-state index contributed by atoms with van der Waals surface area (Å²) in [6.45, 7) is -0.206. The summed E-state index contributed by atoms with van der Waals surface area (Å²) in [6, 6.07) is 15.1. The number of rotatable bonds is 4. The van der Waals surface area contributed by atoms with E-state index in [1.165, 1.54) is 18.2 Å². The van der Waals surface area contributed by atoms with Crippen LogP contribution in [0.25, 0.3) is 0 Å². The van der Waals surface area contributed by atoms with Crippen LogP contribution in [0.3, 0.4) is 0 Å². The topological polar surface area (TPSA) is 104 Å². The van der Waals surface area contributed by atoms with Crippen LogP contribution in [0.4, 0.5) is 5.69 Å². The SMILES string of the molecule is O=C1c2ccccc2C(=O)c2c1ccc(C(=O)OCc1ccccc1Cl)c2[N+](=O)[O-]. The first kappa shape index (κ1) is 19.5. The Morgan fingerprint density at radius 2 is 1.53 bits per heavy atom. The predicted molar refractivity (Wildman–Crippen MR) is 107 cm³/mol. The Balaban J connectivity index is 1.77. The van der Waals surface area contributed by atoms with E-state index in [1.807, 2.05) is 0 Å². The van der Waals surface area contributed by atoms with Crippen molar-refractivity contribution in [2.45, 2.75) is 6.61 Å². The Kier molecular flexibility index (Phi) is 4.89. The summed E-state index contributed by atoms with van der Waals surface area (Å²) in [4.78, 5) is 49.3. The predicted octanol–water partition coefficient (Wildman–Crippen LogP) is 4.38. The van der Waals surface area contributed by atoms with E-state index < -0.39 is 39.3 Å². The number of nitro benzene ring substituents is 1. The fourth-order valence-electron chi connectivity index (χ4n) is 3.36. The van der Waals surface area contributed by atoms with E-state index in [0.29, 0.717) is 10.6 Å². The number of carbonyl (C=O) groups excluding carboxylic acids is 3. The molecule has 0 aromatic heterocycles. The van der Waals surface area contributed by atoms with Crippen LogP contribution in [0.5, 0.6) is 0 Å². The Hall–Kier alpha value is -3.84. The van der Waals surface area contributed by atoms with Crippen LogP contribution >= 0.6 is 11.6 Å². The lowest BCUT2D eigenvalue weighted by Gasteiger charge is -2.18. The highest BCUT2D eigenvalue weighted by Crippen LogP contribution is 2.36. The Morgan fingerprint density at radius 1 is 0.900 bits per heavy atom. The van der Waals surface area contributed by atoms with Gasteiger partial charge in [-0.2, -0.15) is 0 Å². The van der Waals surface area contributed by atoms with Gasteiger partial charge in [-0.3, -0.25) is 19.7 Å². The van der Waals surface area contributed by atoms with E-state index >= 15 is 0 Å². The molecule has 0 bridgehead atoms. The molecular formula is C22H12ClNO6. The van der Waals surface area contributed by atoms with Gasteiger partial charge in [-0.25, -0.2) is 4.79 Å². The zero-order chi connectivity index (χ0) is 21.4. The van der Waals surface area contributed by atoms with E-state index in [0.717, 1.165) is 6.07 Å². The van der Waals surface area contributed by atoms with Crippen LogP contribution in [-0.2, 0) is 11.3 Å². The van der Waals surface area contributed by atoms with Crippen molar-refractivity contribution in [1.82, 2.24) is 0 Å². The molecule has 4 rings (SSSR count).